The predicted molar refractivity (Wildman–Crippen MR) is 101 cm³/mol. The standard InChI is InChI=1S/C20H17N3O4/c24-20(22-9-11-27-12-10-22)17-13-19(21-18-4-2-1-3-16(17)18)14-5-7-15(8-6-14)23(25)26/h1-8,13H,9-12H2. The Morgan fingerprint density at radius 2 is 1.78 bits per heavy atom. The van der Waals surface area contributed by atoms with E-state index in [1.807, 2.05) is 24.3 Å². The third kappa shape index (κ3) is 3.37. The minimum atomic E-state index is -0.440. The second-order valence-electron chi connectivity index (χ2n) is 6.28. The maximum atomic E-state index is 13.1. The quantitative estimate of drug-likeness (QED) is 0.526. The van der Waals surface area contributed by atoms with E-state index in [0.717, 1.165) is 10.9 Å². The molecule has 0 radical (unpaired) electrons. The molecule has 0 aliphatic carbocycles. The van der Waals surface area contributed by atoms with Crippen LogP contribution in [-0.2, 0) is 4.74 Å². The molecule has 27 heavy (non-hydrogen) atoms. The molecule has 0 bridgehead atoms. The maximum Gasteiger partial charge on any atom is 0.269 e. The monoisotopic (exact) mass is 363 g/mol. The molecule has 2 aromatic carbocycles. The summed E-state index contributed by atoms with van der Waals surface area (Å²) in [6.07, 6.45) is 0. The maximum absolute atomic E-state index is 13.1. The van der Waals surface area contributed by atoms with Gasteiger partial charge in [-0.1, -0.05) is 18.2 Å². The number of amides is 1. The van der Waals surface area contributed by atoms with Gasteiger partial charge in [0.05, 0.1) is 34.9 Å². The van der Waals surface area contributed by atoms with Gasteiger partial charge in [0.2, 0.25) is 0 Å². The number of morpholine rings is 1. The molecule has 0 N–H and O–H groups in total. The van der Waals surface area contributed by atoms with Gasteiger partial charge < -0.3 is 9.64 Å². The molecule has 3 aromatic rings. The van der Waals surface area contributed by atoms with E-state index < -0.39 is 4.92 Å². The number of aromatic nitrogens is 1. The minimum Gasteiger partial charge on any atom is -0.378 e. The number of non-ortho nitro benzene ring substituents is 1. The van der Waals surface area contributed by atoms with Crippen LogP contribution in [0.3, 0.4) is 0 Å². The van der Waals surface area contributed by atoms with E-state index in [-0.39, 0.29) is 11.6 Å². The Kier molecular flexibility index (Phi) is 4.52. The molecule has 136 valence electrons. The number of carbonyl (C=O) groups excluding carboxylic acids is 1. The molecule has 0 atom stereocenters. The van der Waals surface area contributed by atoms with Crippen LogP contribution in [0.15, 0.2) is 54.6 Å². The van der Waals surface area contributed by atoms with Crippen molar-refractivity contribution in [3.8, 4) is 11.3 Å². The number of carbonyl (C=O) groups is 1. The lowest BCUT2D eigenvalue weighted by Gasteiger charge is -2.27. The molecular formula is C20H17N3O4. The number of ether oxygens (including phenoxy) is 1. The van der Waals surface area contributed by atoms with Crippen LogP contribution in [0.4, 0.5) is 5.69 Å². The molecule has 7 nitrogen and oxygen atoms in total. The van der Waals surface area contributed by atoms with Crippen molar-refractivity contribution < 1.29 is 14.5 Å². The Hall–Kier alpha value is -3.32. The Labute approximate surface area is 155 Å². The van der Waals surface area contributed by atoms with Crippen LogP contribution in [0, 0.1) is 10.1 Å². The first kappa shape index (κ1) is 17.1. The molecule has 1 amide bonds. The van der Waals surface area contributed by atoms with Gasteiger partial charge in [-0.3, -0.25) is 14.9 Å². The zero-order chi connectivity index (χ0) is 18.8. The number of nitro groups is 1. The first-order chi connectivity index (χ1) is 13.1. The normalized spacial score (nSPS) is 14.3. The summed E-state index contributed by atoms with van der Waals surface area (Å²) in [5.41, 5.74) is 2.65. The number of nitro benzene ring substituents is 1. The molecule has 0 spiro atoms. The van der Waals surface area contributed by atoms with Gasteiger partial charge in [-0.25, -0.2) is 4.98 Å². The van der Waals surface area contributed by atoms with E-state index >= 15 is 0 Å². The summed E-state index contributed by atoms with van der Waals surface area (Å²) in [6, 6.07) is 15.4. The molecule has 1 saturated heterocycles. The zero-order valence-electron chi connectivity index (χ0n) is 14.5. The fourth-order valence-electron chi connectivity index (χ4n) is 3.19. The van der Waals surface area contributed by atoms with Crippen LogP contribution in [0.25, 0.3) is 22.2 Å². The lowest BCUT2D eigenvalue weighted by atomic mass is 10.0. The van der Waals surface area contributed by atoms with E-state index in [9.17, 15) is 14.9 Å². The smallest absolute Gasteiger partial charge is 0.269 e. The summed E-state index contributed by atoms with van der Waals surface area (Å²) in [6.45, 7) is 2.18. The lowest BCUT2D eigenvalue weighted by Crippen LogP contribution is -2.40. The Morgan fingerprint density at radius 1 is 1.07 bits per heavy atom. The first-order valence-corrected chi connectivity index (χ1v) is 8.65. The van der Waals surface area contributed by atoms with E-state index in [1.165, 1.54) is 12.1 Å². The van der Waals surface area contributed by atoms with Gasteiger partial charge in [0.25, 0.3) is 11.6 Å². The van der Waals surface area contributed by atoms with Crippen LogP contribution in [0.2, 0.25) is 0 Å². The van der Waals surface area contributed by atoms with Crippen molar-refractivity contribution in [2.24, 2.45) is 0 Å². The molecule has 0 saturated carbocycles. The predicted octanol–water partition coefficient (Wildman–Crippen LogP) is 3.28. The van der Waals surface area contributed by atoms with Crippen LogP contribution in [0.1, 0.15) is 10.4 Å². The Bertz CT molecular complexity index is 1010. The van der Waals surface area contributed by atoms with Crippen molar-refractivity contribution in [2.45, 2.75) is 0 Å². The van der Waals surface area contributed by atoms with Crippen LogP contribution in [0.5, 0.6) is 0 Å². The van der Waals surface area contributed by atoms with Gasteiger partial charge in [-0.05, 0) is 24.3 Å². The van der Waals surface area contributed by atoms with Gasteiger partial charge >= 0.3 is 0 Å². The number of rotatable bonds is 3. The Balaban J connectivity index is 1.80. The summed E-state index contributed by atoms with van der Waals surface area (Å²) < 4.78 is 5.34. The number of para-hydroxylation sites is 1. The fourth-order valence-corrected chi connectivity index (χ4v) is 3.19. The topological polar surface area (TPSA) is 85.6 Å². The number of nitrogens with zero attached hydrogens (tertiary/aromatic N) is 3. The summed E-state index contributed by atoms with van der Waals surface area (Å²) in [4.78, 5) is 30.0. The van der Waals surface area contributed by atoms with Gasteiger partial charge in [0.15, 0.2) is 0 Å². The average Bonchev–Trinajstić information content (AvgIpc) is 2.73. The molecule has 1 aliphatic rings. The molecule has 7 heteroatoms. The van der Waals surface area contributed by atoms with E-state index in [2.05, 4.69) is 4.98 Å². The summed E-state index contributed by atoms with van der Waals surface area (Å²) in [7, 11) is 0. The molecule has 0 unspecified atom stereocenters. The van der Waals surface area contributed by atoms with Crippen LogP contribution >= 0.6 is 0 Å². The fraction of sp³-hybridized carbons (Fsp3) is 0.200. The second kappa shape index (κ2) is 7.13. The van der Waals surface area contributed by atoms with Crippen molar-refractivity contribution in [1.82, 2.24) is 9.88 Å². The van der Waals surface area contributed by atoms with Crippen molar-refractivity contribution >= 4 is 22.5 Å². The Morgan fingerprint density at radius 3 is 2.48 bits per heavy atom. The second-order valence-corrected chi connectivity index (χ2v) is 6.28. The third-order valence-corrected chi connectivity index (χ3v) is 4.62. The number of hydrogen-bond acceptors (Lipinski definition) is 5. The van der Waals surface area contributed by atoms with E-state index in [1.54, 1.807) is 23.1 Å². The molecule has 1 aromatic heterocycles. The lowest BCUT2D eigenvalue weighted by molar-refractivity contribution is -0.384. The average molecular weight is 363 g/mol. The highest BCUT2D eigenvalue weighted by Gasteiger charge is 2.22. The molecule has 2 heterocycles. The highest BCUT2D eigenvalue weighted by atomic mass is 16.6. The van der Waals surface area contributed by atoms with Gasteiger partial charge in [-0.2, -0.15) is 0 Å². The summed E-state index contributed by atoms with van der Waals surface area (Å²) >= 11 is 0. The summed E-state index contributed by atoms with van der Waals surface area (Å²) in [5, 5.41) is 11.7. The number of fused-ring (bicyclic) bond motifs is 1. The van der Waals surface area contributed by atoms with E-state index in [0.29, 0.717) is 43.1 Å². The molecule has 1 aliphatic heterocycles. The third-order valence-electron chi connectivity index (χ3n) is 4.62. The van der Waals surface area contributed by atoms with Crippen molar-refractivity contribution in [3.05, 3.63) is 70.3 Å². The minimum absolute atomic E-state index is 0.0177. The van der Waals surface area contributed by atoms with E-state index in [4.69, 9.17) is 4.74 Å². The summed E-state index contributed by atoms with van der Waals surface area (Å²) in [5.74, 6) is -0.0555. The SMILES string of the molecule is O=C(c1cc(-c2ccc([N+](=O)[O-])cc2)nc2ccccc12)N1CCOCC1. The zero-order valence-corrected chi connectivity index (χ0v) is 14.5. The van der Waals surface area contributed by atoms with Gasteiger partial charge in [-0.15, -0.1) is 0 Å². The van der Waals surface area contributed by atoms with Crippen molar-refractivity contribution in [1.29, 1.82) is 0 Å². The highest BCUT2D eigenvalue weighted by molar-refractivity contribution is 6.07. The first-order valence-electron chi connectivity index (χ1n) is 8.65. The largest absolute Gasteiger partial charge is 0.378 e. The van der Waals surface area contributed by atoms with Crippen molar-refractivity contribution in [2.75, 3.05) is 26.3 Å². The number of pyridine rings is 1. The highest BCUT2D eigenvalue weighted by Crippen LogP contribution is 2.27. The number of benzene rings is 2. The van der Waals surface area contributed by atoms with Crippen molar-refractivity contribution in [3.63, 3.8) is 0 Å². The number of hydrogen-bond donors (Lipinski definition) is 0. The van der Waals surface area contributed by atoms with Gasteiger partial charge in [0, 0.05) is 36.2 Å². The van der Waals surface area contributed by atoms with Gasteiger partial charge in [0.1, 0.15) is 0 Å². The van der Waals surface area contributed by atoms with Crippen LogP contribution in [-0.4, -0.2) is 47.0 Å². The molecule has 1 fully saturated rings. The molecule has 4 rings (SSSR count). The molecular weight excluding hydrogens is 346 g/mol. The van der Waals surface area contributed by atoms with Crippen LogP contribution < -0.4 is 0 Å².